The Balaban J connectivity index is 2.36. The summed E-state index contributed by atoms with van der Waals surface area (Å²) >= 11 is 1.02. The van der Waals surface area contributed by atoms with E-state index in [0.29, 0.717) is 5.56 Å². The smallest absolute Gasteiger partial charge is 0.325 e. The van der Waals surface area contributed by atoms with Gasteiger partial charge in [-0.25, -0.2) is 8.42 Å². The Morgan fingerprint density at radius 3 is 2.39 bits per heavy atom. The molecule has 0 radical (unpaired) electrons. The number of nitrogens with one attached hydrogen (secondary N) is 1. The summed E-state index contributed by atoms with van der Waals surface area (Å²) in [6.07, 6.45) is 0.0531. The number of hydrogen-bond donors (Lipinski definition) is 3. The van der Waals surface area contributed by atoms with Crippen LogP contribution in [-0.4, -0.2) is 30.1 Å². The summed E-state index contributed by atoms with van der Waals surface area (Å²) in [5, 5.41) is 20.5. The van der Waals surface area contributed by atoms with Crippen LogP contribution in [-0.2, 0) is 21.2 Å². The van der Waals surface area contributed by atoms with Crippen molar-refractivity contribution in [2.24, 2.45) is 0 Å². The highest BCUT2D eigenvalue weighted by Crippen LogP contribution is 2.24. The minimum atomic E-state index is -3.92. The van der Waals surface area contributed by atoms with E-state index >= 15 is 0 Å². The fraction of sp³-hybridized carbons (Fsp3) is 0.267. The van der Waals surface area contributed by atoms with Gasteiger partial charge in [-0.2, -0.15) is 4.72 Å². The predicted molar refractivity (Wildman–Crippen MR) is 87.1 cm³/mol. The van der Waals surface area contributed by atoms with E-state index in [0.717, 1.165) is 11.3 Å². The fourth-order valence-corrected chi connectivity index (χ4v) is 4.61. The largest absolute Gasteiger partial charge is 0.508 e. The number of benzene rings is 1. The van der Waals surface area contributed by atoms with Crippen LogP contribution in [0, 0.1) is 0 Å². The Kier molecular flexibility index (Phi) is 5.08. The van der Waals surface area contributed by atoms with E-state index in [1.807, 2.05) is 0 Å². The zero-order chi connectivity index (χ0) is 17.1. The average molecular weight is 355 g/mol. The van der Waals surface area contributed by atoms with Crippen molar-refractivity contribution < 1.29 is 23.4 Å². The maximum atomic E-state index is 12.4. The molecule has 1 aromatic heterocycles. The van der Waals surface area contributed by atoms with Gasteiger partial charge in [0.15, 0.2) is 0 Å². The van der Waals surface area contributed by atoms with Gasteiger partial charge in [-0.3, -0.25) is 4.79 Å². The number of aliphatic carboxylic acids is 1. The SMILES string of the molecule is CCC(Cc1ccc(O)cc1)(NS(=O)(=O)c1cccs1)C(=O)O. The van der Waals surface area contributed by atoms with Crippen LogP contribution in [0.5, 0.6) is 5.75 Å². The molecule has 1 aromatic carbocycles. The van der Waals surface area contributed by atoms with Gasteiger partial charge >= 0.3 is 5.97 Å². The lowest BCUT2D eigenvalue weighted by Gasteiger charge is -2.29. The molecule has 2 aromatic rings. The van der Waals surface area contributed by atoms with Crippen LogP contribution in [0.3, 0.4) is 0 Å². The third-order valence-electron chi connectivity index (χ3n) is 3.54. The van der Waals surface area contributed by atoms with E-state index in [1.54, 1.807) is 30.5 Å². The molecule has 0 amide bonds. The van der Waals surface area contributed by atoms with Crippen LogP contribution >= 0.6 is 11.3 Å². The van der Waals surface area contributed by atoms with Gasteiger partial charge in [-0.15, -0.1) is 11.3 Å². The van der Waals surface area contributed by atoms with Crippen LogP contribution in [0.4, 0.5) is 0 Å². The van der Waals surface area contributed by atoms with Crippen molar-refractivity contribution in [3.8, 4) is 5.75 Å². The molecular formula is C15H17NO5S2. The Bertz CT molecular complexity index is 769. The number of phenolic OH excluding ortho intramolecular Hbond substituents is 1. The Hall–Kier alpha value is -1.90. The number of sulfonamides is 1. The van der Waals surface area contributed by atoms with Crippen molar-refractivity contribution in [1.82, 2.24) is 4.72 Å². The van der Waals surface area contributed by atoms with Gasteiger partial charge in [0.25, 0.3) is 10.0 Å². The molecule has 0 aliphatic carbocycles. The minimum absolute atomic E-state index is 0.0241. The summed E-state index contributed by atoms with van der Waals surface area (Å²) in [5.41, 5.74) is -1.04. The summed E-state index contributed by atoms with van der Waals surface area (Å²) in [7, 11) is -3.92. The van der Waals surface area contributed by atoms with Gasteiger partial charge in [0, 0.05) is 6.42 Å². The van der Waals surface area contributed by atoms with Crippen LogP contribution in [0.25, 0.3) is 0 Å². The Morgan fingerprint density at radius 2 is 1.91 bits per heavy atom. The molecule has 0 aliphatic rings. The van der Waals surface area contributed by atoms with E-state index < -0.39 is 21.5 Å². The van der Waals surface area contributed by atoms with Crippen molar-refractivity contribution in [1.29, 1.82) is 0 Å². The monoisotopic (exact) mass is 355 g/mol. The van der Waals surface area contributed by atoms with Crippen LogP contribution in [0.1, 0.15) is 18.9 Å². The van der Waals surface area contributed by atoms with Crippen LogP contribution < -0.4 is 4.72 Å². The van der Waals surface area contributed by atoms with Gasteiger partial charge in [0.1, 0.15) is 15.5 Å². The molecule has 0 fully saturated rings. The molecule has 0 bridgehead atoms. The highest BCUT2D eigenvalue weighted by Gasteiger charge is 2.41. The molecule has 2 rings (SSSR count). The predicted octanol–water partition coefficient (Wildman–Crippen LogP) is 2.21. The molecule has 1 heterocycles. The second-order valence-corrected chi connectivity index (χ2v) is 7.98. The van der Waals surface area contributed by atoms with Crippen LogP contribution in [0.2, 0.25) is 0 Å². The van der Waals surface area contributed by atoms with Gasteiger partial charge in [-0.1, -0.05) is 25.1 Å². The van der Waals surface area contributed by atoms with Gasteiger partial charge in [-0.05, 0) is 35.6 Å². The van der Waals surface area contributed by atoms with Crippen LogP contribution in [0.15, 0.2) is 46.0 Å². The van der Waals surface area contributed by atoms with E-state index in [9.17, 15) is 23.4 Å². The lowest BCUT2D eigenvalue weighted by molar-refractivity contribution is -0.144. The first kappa shape index (κ1) is 17.5. The zero-order valence-corrected chi connectivity index (χ0v) is 14.0. The van der Waals surface area contributed by atoms with E-state index in [4.69, 9.17) is 0 Å². The standard InChI is InChI=1S/C15H17NO5S2/c1-2-15(14(18)19,10-11-5-7-12(17)8-6-11)16-23(20,21)13-4-3-9-22-13/h3-9,16-17H,2,10H2,1H3,(H,18,19). The molecule has 8 heteroatoms. The summed E-state index contributed by atoms with van der Waals surface area (Å²) in [6.45, 7) is 1.62. The maximum Gasteiger partial charge on any atom is 0.325 e. The molecule has 0 saturated heterocycles. The Morgan fingerprint density at radius 1 is 1.26 bits per heavy atom. The number of carboxylic acids is 1. The van der Waals surface area contributed by atoms with Gasteiger partial charge in [0.2, 0.25) is 0 Å². The quantitative estimate of drug-likeness (QED) is 0.706. The van der Waals surface area contributed by atoms with Gasteiger partial charge < -0.3 is 10.2 Å². The molecule has 23 heavy (non-hydrogen) atoms. The first-order valence-electron chi connectivity index (χ1n) is 6.88. The lowest BCUT2D eigenvalue weighted by atomic mass is 9.89. The van der Waals surface area contributed by atoms with E-state index in [-0.39, 0.29) is 22.8 Å². The second kappa shape index (κ2) is 6.69. The maximum absolute atomic E-state index is 12.4. The zero-order valence-electron chi connectivity index (χ0n) is 12.4. The van der Waals surface area contributed by atoms with Crippen molar-refractivity contribution in [3.63, 3.8) is 0 Å². The molecule has 0 spiro atoms. The first-order chi connectivity index (χ1) is 10.8. The highest BCUT2D eigenvalue weighted by molar-refractivity contribution is 7.91. The second-order valence-electron chi connectivity index (χ2n) is 5.12. The summed E-state index contributed by atoms with van der Waals surface area (Å²) < 4.78 is 27.2. The van der Waals surface area contributed by atoms with Crippen molar-refractivity contribution in [3.05, 3.63) is 47.3 Å². The topological polar surface area (TPSA) is 104 Å². The third kappa shape index (κ3) is 3.90. The normalized spacial score (nSPS) is 14.3. The molecule has 6 nitrogen and oxygen atoms in total. The minimum Gasteiger partial charge on any atom is -0.508 e. The number of carbonyl (C=O) groups is 1. The van der Waals surface area contributed by atoms with Crippen molar-refractivity contribution in [2.45, 2.75) is 29.5 Å². The van der Waals surface area contributed by atoms with E-state index in [2.05, 4.69) is 4.72 Å². The molecule has 3 N–H and O–H groups in total. The van der Waals surface area contributed by atoms with Gasteiger partial charge in [0.05, 0.1) is 0 Å². The Labute approximate surface area is 138 Å². The van der Waals surface area contributed by atoms with Crippen molar-refractivity contribution >= 4 is 27.3 Å². The number of thiophene rings is 1. The summed E-state index contributed by atoms with van der Waals surface area (Å²) in [6, 6.07) is 9.03. The van der Waals surface area contributed by atoms with E-state index in [1.165, 1.54) is 18.2 Å². The van der Waals surface area contributed by atoms with Crippen molar-refractivity contribution in [2.75, 3.05) is 0 Å². The molecule has 1 unspecified atom stereocenters. The molecular weight excluding hydrogens is 338 g/mol. The first-order valence-corrected chi connectivity index (χ1v) is 9.24. The number of aromatic hydroxyl groups is 1. The molecule has 0 saturated carbocycles. The number of rotatable bonds is 7. The summed E-state index contributed by atoms with van der Waals surface area (Å²) in [5.74, 6) is -1.18. The third-order valence-corrected chi connectivity index (χ3v) is 6.48. The highest BCUT2D eigenvalue weighted by atomic mass is 32.2. The average Bonchev–Trinajstić information content (AvgIpc) is 3.03. The molecule has 124 valence electrons. The number of carboxylic acid groups (broad SMARTS) is 1. The summed E-state index contributed by atoms with van der Waals surface area (Å²) in [4.78, 5) is 11.8. The molecule has 1 atom stereocenters. The number of phenols is 1. The number of hydrogen-bond acceptors (Lipinski definition) is 5. The lowest BCUT2D eigenvalue weighted by Crippen LogP contribution is -2.55. The fourth-order valence-electron chi connectivity index (χ4n) is 2.19. The molecule has 0 aliphatic heterocycles.